The van der Waals surface area contributed by atoms with Crippen LogP contribution in [-0.2, 0) is 13.1 Å². The third-order valence-electron chi connectivity index (χ3n) is 4.44. The lowest BCUT2D eigenvalue weighted by atomic mass is 10.1. The molecule has 108 valence electrons. The van der Waals surface area contributed by atoms with E-state index in [9.17, 15) is 0 Å². The molecule has 2 bridgehead atoms. The molecule has 1 aromatic heterocycles. The highest BCUT2D eigenvalue weighted by Crippen LogP contribution is 2.21. The number of hydrogen-bond donors (Lipinski definition) is 0. The predicted octanol–water partition coefficient (Wildman–Crippen LogP) is 5.31. The normalized spacial score (nSPS) is 18.2. The zero-order valence-corrected chi connectivity index (χ0v) is 13.0. The van der Waals surface area contributed by atoms with Gasteiger partial charge < -0.3 is 9.13 Å². The summed E-state index contributed by atoms with van der Waals surface area (Å²) >= 11 is 5.73. The van der Waals surface area contributed by atoms with Crippen LogP contribution >= 0.6 is 12.2 Å². The molecule has 3 rings (SSSR count). The molecule has 1 aliphatic rings. The predicted molar refractivity (Wildman–Crippen MR) is 87.7 cm³/mol. The molecule has 0 unspecified atom stereocenters. The second kappa shape index (κ2) is 6.57. The average Bonchev–Trinajstić information content (AvgIpc) is 2.74. The largest absolute Gasteiger partial charge is 0.317 e. The van der Waals surface area contributed by atoms with Gasteiger partial charge in [0.1, 0.15) is 0 Å². The van der Waals surface area contributed by atoms with Crippen molar-refractivity contribution in [2.45, 2.75) is 64.5 Å². The van der Waals surface area contributed by atoms with E-state index in [0.29, 0.717) is 0 Å². The van der Waals surface area contributed by atoms with E-state index in [1.54, 1.807) is 0 Å². The summed E-state index contributed by atoms with van der Waals surface area (Å²) in [4.78, 5) is 0. The number of aryl methyl sites for hydroxylation is 2. The Morgan fingerprint density at radius 2 is 1.05 bits per heavy atom. The van der Waals surface area contributed by atoms with Crippen molar-refractivity contribution in [3.05, 3.63) is 29.0 Å². The van der Waals surface area contributed by atoms with E-state index < -0.39 is 0 Å². The maximum Gasteiger partial charge on any atom is 0.180 e. The van der Waals surface area contributed by atoms with Crippen molar-refractivity contribution >= 4 is 23.3 Å². The first-order valence-corrected chi connectivity index (χ1v) is 8.47. The highest BCUT2D eigenvalue weighted by atomic mass is 32.1. The molecule has 1 aliphatic heterocycles. The first kappa shape index (κ1) is 13.9. The molecule has 0 N–H and O–H groups in total. The Bertz CT molecular complexity index is 571. The third-order valence-corrected chi connectivity index (χ3v) is 4.88. The van der Waals surface area contributed by atoms with Gasteiger partial charge in [-0.1, -0.05) is 50.7 Å². The molecule has 0 radical (unpaired) electrons. The van der Waals surface area contributed by atoms with Crippen molar-refractivity contribution in [1.29, 1.82) is 0 Å². The van der Waals surface area contributed by atoms with Crippen LogP contribution in [0.1, 0.15) is 51.4 Å². The van der Waals surface area contributed by atoms with Crippen molar-refractivity contribution in [1.82, 2.24) is 9.13 Å². The second-order valence-corrected chi connectivity index (χ2v) is 6.27. The summed E-state index contributed by atoms with van der Waals surface area (Å²) in [5, 5.41) is 0. The lowest BCUT2D eigenvalue weighted by Crippen LogP contribution is -2.02. The van der Waals surface area contributed by atoms with Gasteiger partial charge in [0.25, 0.3) is 0 Å². The smallest absolute Gasteiger partial charge is 0.180 e. The van der Waals surface area contributed by atoms with E-state index in [1.807, 2.05) is 0 Å². The monoisotopic (exact) mass is 288 g/mol. The molecule has 0 aliphatic carbocycles. The lowest BCUT2D eigenvalue weighted by molar-refractivity contribution is 0.545. The quantitative estimate of drug-likeness (QED) is 0.597. The van der Waals surface area contributed by atoms with Gasteiger partial charge in [0.05, 0.1) is 11.0 Å². The summed E-state index contributed by atoms with van der Waals surface area (Å²) in [7, 11) is 0. The maximum absolute atomic E-state index is 5.73. The fraction of sp³-hybridized carbons (Fsp3) is 0.588. The van der Waals surface area contributed by atoms with Crippen LogP contribution in [0.5, 0.6) is 0 Å². The Morgan fingerprint density at radius 3 is 1.50 bits per heavy atom. The van der Waals surface area contributed by atoms with Crippen molar-refractivity contribution in [2.24, 2.45) is 0 Å². The van der Waals surface area contributed by atoms with Gasteiger partial charge in [-0.2, -0.15) is 0 Å². The summed E-state index contributed by atoms with van der Waals surface area (Å²) in [6.45, 7) is 2.15. The van der Waals surface area contributed by atoms with Gasteiger partial charge in [-0.25, -0.2) is 0 Å². The number of hydrogen-bond acceptors (Lipinski definition) is 1. The molecule has 3 heteroatoms. The molecule has 0 spiro atoms. The highest BCUT2D eigenvalue weighted by molar-refractivity contribution is 7.71. The minimum Gasteiger partial charge on any atom is -0.317 e. The summed E-state index contributed by atoms with van der Waals surface area (Å²) in [5.41, 5.74) is 2.63. The average molecular weight is 288 g/mol. The van der Waals surface area contributed by atoms with Gasteiger partial charge in [0.15, 0.2) is 4.77 Å². The lowest BCUT2D eigenvalue weighted by Gasteiger charge is -2.05. The third kappa shape index (κ3) is 2.83. The van der Waals surface area contributed by atoms with Gasteiger partial charge in [-0.05, 0) is 37.2 Å². The van der Waals surface area contributed by atoms with Crippen molar-refractivity contribution < 1.29 is 0 Å². The number of benzene rings is 1. The zero-order chi connectivity index (χ0) is 13.8. The van der Waals surface area contributed by atoms with E-state index in [4.69, 9.17) is 12.2 Å². The molecule has 2 aromatic rings. The van der Waals surface area contributed by atoms with Gasteiger partial charge >= 0.3 is 0 Å². The van der Waals surface area contributed by atoms with Crippen LogP contribution in [0.15, 0.2) is 24.3 Å². The molecular weight excluding hydrogens is 264 g/mol. The first-order chi connectivity index (χ1) is 9.88. The van der Waals surface area contributed by atoms with Gasteiger partial charge in [-0.15, -0.1) is 0 Å². The van der Waals surface area contributed by atoms with Crippen LogP contribution in [0.2, 0.25) is 0 Å². The molecule has 2 heterocycles. The van der Waals surface area contributed by atoms with Gasteiger partial charge in [0.2, 0.25) is 0 Å². The minimum absolute atomic E-state index is 1.02. The maximum atomic E-state index is 5.73. The first-order valence-electron chi connectivity index (χ1n) is 8.06. The number of fused-ring (bicyclic) bond motifs is 5. The van der Waals surface area contributed by atoms with Crippen LogP contribution in [0.25, 0.3) is 11.0 Å². The Morgan fingerprint density at radius 1 is 0.650 bits per heavy atom. The molecule has 0 atom stereocenters. The molecule has 0 saturated carbocycles. The minimum atomic E-state index is 1.02. The van der Waals surface area contributed by atoms with Crippen LogP contribution in [0.3, 0.4) is 0 Å². The summed E-state index contributed by atoms with van der Waals surface area (Å²) in [5.74, 6) is 0. The van der Waals surface area contributed by atoms with Gasteiger partial charge in [-0.3, -0.25) is 0 Å². The van der Waals surface area contributed by atoms with E-state index in [2.05, 4.69) is 33.4 Å². The summed E-state index contributed by atoms with van der Waals surface area (Å²) < 4.78 is 5.72. The second-order valence-electron chi connectivity index (χ2n) is 5.90. The molecule has 1 aromatic carbocycles. The number of aromatic nitrogens is 2. The summed E-state index contributed by atoms with van der Waals surface area (Å²) in [6, 6.07) is 8.68. The zero-order valence-electron chi connectivity index (χ0n) is 12.2. The standard InChI is InChI=1S/C17H24N2S/c20-17-18-13-9-5-3-1-2-4-6-10-14-19(17)16-12-8-7-11-15(16)18/h7-8,11-12H,1-6,9-10,13-14H2. The molecule has 2 nitrogen and oxygen atoms in total. The Hall–Kier alpha value is -1.09. The van der Waals surface area contributed by atoms with Gasteiger partial charge in [0, 0.05) is 13.1 Å². The fourth-order valence-electron chi connectivity index (χ4n) is 3.31. The molecule has 0 amide bonds. The Balaban J connectivity index is 1.98. The SMILES string of the molecule is S=c1n2c3ccccc3n1CCCCCCCCCC2. The molecule has 20 heavy (non-hydrogen) atoms. The van der Waals surface area contributed by atoms with Crippen LogP contribution in [-0.4, -0.2) is 9.13 Å². The van der Waals surface area contributed by atoms with Crippen LogP contribution in [0.4, 0.5) is 0 Å². The van der Waals surface area contributed by atoms with E-state index in [0.717, 1.165) is 17.9 Å². The number of rotatable bonds is 0. The van der Waals surface area contributed by atoms with E-state index >= 15 is 0 Å². The van der Waals surface area contributed by atoms with Crippen LogP contribution < -0.4 is 0 Å². The topological polar surface area (TPSA) is 9.86 Å². The van der Waals surface area contributed by atoms with Crippen molar-refractivity contribution in [3.63, 3.8) is 0 Å². The molecular formula is C17H24N2S. The number of para-hydroxylation sites is 2. The van der Waals surface area contributed by atoms with Crippen molar-refractivity contribution in [3.8, 4) is 0 Å². The summed E-state index contributed by atoms with van der Waals surface area (Å²) in [6.07, 6.45) is 10.8. The number of imidazole rings is 1. The Labute approximate surface area is 126 Å². The van der Waals surface area contributed by atoms with Crippen LogP contribution in [0, 0.1) is 4.77 Å². The number of nitrogens with zero attached hydrogens (tertiary/aromatic N) is 2. The molecule has 0 fully saturated rings. The Kier molecular flexibility index (Phi) is 4.56. The highest BCUT2D eigenvalue weighted by Gasteiger charge is 2.10. The molecule has 0 saturated heterocycles. The fourth-order valence-corrected chi connectivity index (χ4v) is 3.68. The van der Waals surface area contributed by atoms with E-state index in [-0.39, 0.29) is 0 Å². The van der Waals surface area contributed by atoms with Crippen molar-refractivity contribution in [2.75, 3.05) is 0 Å². The van der Waals surface area contributed by atoms with E-state index in [1.165, 1.54) is 62.4 Å².